The fourth-order valence-electron chi connectivity index (χ4n) is 3.69. The third-order valence-corrected chi connectivity index (χ3v) is 6.24. The van der Waals surface area contributed by atoms with Crippen molar-refractivity contribution in [2.45, 2.75) is 0 Å². The largest absolute Gasteiger partial charge is 0.376 e. The van der Waals surface area contributed by atoms with Crippen LogP contribution in [0.4, 0.5) is 5.69 Å². The van der Waals surface area contributed by atoms with Crippen LogP contribution in [0, 0.1) is 0 Å². The zero-order valence-electron chi connectivity index (χ0n) is 17.4. The molecular formula is C23H18N8S. The van der Waals surface area contributed by atoms with E-state index >= 15 is 0 Å². The van der Waals surface area contributed by atoms with Gasteiger partial charge in [0.15, 0.2) is 17.2 Å². The molecule has 32 heavy (non-hydrogen) atoms. The van der Waals surface area contributed by atoms with E-state index in [1.807, 2.05) is 55.7 Å². The molecule has 0 aromatic carbocycles. The van der Waals surface area contributed by atoms with Crippen molar-refractivity contribution in [3.05, 3.63) is 60.4 Å². The molecule has 0 aliphatic rings. The Labute approximate surface area is 187 Å². The summed E-state index contributed by atoms with van der Waals surface area (Å²) in [6, 6.07) is 12.1. The summed E-state index contributed by atoms with van der Waals surface area (Å²) in [5.41, 5.74) is 7.62. The van der Waals surface area contributed by atoms with Gasteiger partial charge in [-0.05, 0) is 35.7 Å². The molecular weight excluding hydrogens is 420 g/mol. The van der Waals surface area contributed by atoms with Crippen molar-refractivity contribution < 1.29 is 0 Å². The molecule has 6 aromatic rings. The first-order valence-corrected chi connectivity index (χ1v) is 10.9. The van der Waals surface area contributed by atoms with Gasteiger partial charge in [-0.2, -0.15) is 5.10 Å². The van der Waals surface area contributed by atoms with Crippen LogP contribution in [-0.2, 0) is 0 Å². The molecule has 8 nitrogen and oxygen atoms in total. The van der Waals surface area contributed by atoms with Crippen molar-refractivity contribution in [2.24, 2.45) is 0 Å². The van der Waals surface area contributed by atoms with Gasteiger partial charge in [-0.1, -0.05) is 6.07 Å². The lowest BCUT2D eigenvalue weighted by atomic mass is 10.1. The standard InChI is InChI=1S/C23H18N8S/c1-31(2)14-10-13(11-24-12-14)16-5-6-17-20(26-16)21(30-29-17)23-27-19-15(18-4-3-9-32-18)7-8-25-22(19)28-23/h3-12H,1-2H3,(H,29,30)(H,25,27,28). The van der Waals surface area contributed by atoms with Crippen molar-refractivity contribution in [3.8, 4) is 33.2 Å². The molecule has 0 aliphatic heterocycles. The molecule has 156 valence electrons. The highest BCUT2D eigenvalue weighted by atomic mass is 32.1. The van der Waals surface area contributed by atoms with Gasteiger partial charge in [-0.15, -0.1) is 11.3 Å². The molecule has 6 rings (SSSR count). The molecule has 0 radical (unpaired) electrons. The summed E-state index contributed by atoms with van der Waals surface area (Å²) in [6.45, 7) is 0. The van der Waals surface area contributed by atoms with Crippen LogP contribution < -0.4 is 4.90 Å². The highest BCUT2D eigenvalue weighted by Gasteiger charge is 2.17. The quantitative estimate of drug-likeness (QED) is 0.412. The number of hydrogen-bond donors (Lipinski definition) is 2. The average molecular weight is 439 g/mol. The number of imidazole rings is 1. The summed E-state index contributed by atoms with van der Waals surface area (Å²) >= 11 is 1.68. The van der Waals surface area contributed by atoms with Crippen molar-refractivity contribution in [2.75, 3.05) is 19.0 Å². The fraction of sp³-hybridized carbons (Fsp3) is 0.0870. The van der Waals surface area contributed by atoms with Gasteiger partial charge in [0.2, 0.25) is 0 Å². The molecule has 0 saturated heterocycles. The van der Waals surface area contributed by atoms with E-state index < -0.39 is 0 Å². The molecule has 0 atom stereocenters. The Morgan fingerprint density at radius 2 is 1.94 bits per heavy atom. The first kappa shape index (κ1) is 18.6. The predicted octanol–water partition coefficient (Wildman–Crippen LogP) is 4.75. The van der Waals surface area contributed by atoms with E-state index in [-0.39, 0.29) is 0 Å². The van der Waals surface area contributed by atoms with E-state index in [0.29, 0.717) is 11.5 Å². The number of hydrogen-bond acceptors (Lipinski definition) is 7. The molecule has 0 amide bonds. The monoisotopic (exact) mass is 438 g/mol. The van der Waals surface area contributed by atoms with Crippen molar-refractivity contribution in [3.63, 3.8) is 0 Å². The number of pyridine rings is 3. The summed E-state index contributed by atoms with van der Waals surface area (Å²) < 4.78 is 0. The topological polar surface area (TPSA) is 99.3 Å². The molecule has 6 heterocycles. The zero-order valence-corrected chi connectivity index (χ0v) is 18.2. The summed E-state index contributed by atoms with van der Waals surface area (Å²) in [7, 11) is 3.98. The molecule has 9 heteroatoms. The molecule has 0 bridgehead atoms. The number of H-pyrrole nitrogens is 2. The number of anilines is 1. The van der Waals surface area contributed by atoms with Gasteiger partial charge in [-0.3, -0.25) is 10.1 Å². The third kappa shape index (κ3) is 3.02. The summed E-state index contributed by atoms with van der Waals surface area (Å²) in [6.07, 6.45) is 5.44. The maximum Gasteiger partial charge on any atom is 0.162 e. The lowest BCUT2D eigenvalue weighted by Crippen LogP contribution is -2.08. The van der Waals surface area contributed by atoms with E-state index in [1.165, 1.54) is 0 Å². The van der Waals surface area contributed by atoms with Crippen molar-refractivity contribution >= 4 is 39.2 Å². The molecule has 0 spiro atoms. The zero-order chi connectivity index (χ0) is 21.7. The second kappa shape index (κ2) is 7.24. The Morgan fingerprint density at radius 1 is 1.00 bits per heavy atom. The fourth-order valence-corrected chi connectivity index (χ4v) is 4.44. The van der Waals surface area contributed by atoms with Crippen LogP contribution in [0.15, 0.2) is 60.4 Å². The third-order valence-electron chi connectivity index (χ3n) is 5.34. The van der Waals surface area contributed by atoms with E-state index in [4.69, 9.17) is 9.97 Å². The van der Waals surface area contributed by atoms with Gasteiger partial charge in [0, 0.05) is 42.5 Å². The Hall–Kier alpha value is -4.11. The molecule has 2 N–H and O–H groups in total. The Balaban J connectivity index is 1.49. The van der Waals surface area contributed by atoms with Crippen LogP contribution in [-0.4, -0.2) is 49.2 Å². The van der Waals surface area contributed by atoms with Gasteiger partial charge in [0.1, 0.15) is 11.0 Å². The first-order valence-electron chi connectivity index (χ1n) is 10.0. The smallest absolute Gasteiger partial charge is 0.162 e. The minimum Gasteiger partial charge on any atom is -0.376 e. The molecule has 0 saturated carbocycles. The maximum absolute atomic E-state index is 4.89. The van der Waals surface area contributed by atoms with Crippen LogP contribution in [0.3, 0.4) is 0 Å². The SMILES string of the molecule is CN(C)c1cncc(-c2ccc3[nH]nc(-c4nc5c(-c6cccs6)ccnc5[nH]4)c3n2)c1. The maximum atomic E-state index is 4.89. The number of nitrogens with zero attached hydrogens (tertiary/aromatic N) is 6. The number of aromatic amines is 2. The van der Waals surface area contributed by atoms with Crippen LogP contribution in [0.1, 0.15) is 0 Å². The van der Waals surface area contributed by atoms with Crippen molar-refractivity contribution in [1.29, 1.82) is 0 Å². The Morgan fingerprint density at radius 3 is 2.78 bits per heavy atom. The number of thiophene rings is 1. The minimum absolute atomic E-state index is 0.632. The van der Waals surface area contributed by atoms with Crippen molar-refractivity contribution in [1.82, 2.24) is 35.1 Å². The Kier molecular flexibility index (Phi) is 4.22. The van der Waals surface area contributed by atoms with E-state index in [0.717, 1.165) is 49.6 Å². The highest BCUT2D eigenvalue weighted by Crippen LogP contribution is 2.33. The van der Waals surface area contributed by atoms with Crippen LogP contribution in [0.2, 0.25) is 0 Å². The van der Waals surface area contributed by atoms with E-state index in [1.54, 1.807) is 17.5 Å². The van der Waals surface area contributed by atoms with Gasteiger partial charge < -0.3 is 9.88 Å². The minimum atomic E-state index is 0.632. The van der Waals surface area contributed by atoms with E-state index in [2.05, 4.69) is 42.7 Å². The lowest BCUT2D eigenvalue weighted by molar-refractivity contribution is 1.10. The molecule has 0 fully saturated rings. The average Bonchev–Trinajstić information content (AvgIpc) is 3.57. The second-order valence-corrected chi connectivity index (χ2v) is 8.56. The van der Waals surface area contributed by atoms with E-state index in [9.17, 15) is 0 Å². The number of rotatable bonds is 4. The summed E-state index contributed by atoms with van der Waals surface area (Å²) in [5.74, 6) is 0.632. The normalized spacial score (nSPS) is 11.4. The van der Waals surface area contributed by atoms with Crippen LogP contribution in [0.25, 0.3) is 55.4 Å². The second-order valence-electron chi connectivity index (χ2n) is 7.61. The van der Waals surface area contributed by atoms with Gasteiger partial charge in [0.05, 0.1) is 23.1 Å². The summed E-state index contributed by atoms with van der Waals surface area (Å²) in [5, 5.41) is 9.63. The van der Waals surface area contributed by atoms with Gasteiger partial charge in [0.25, 0.3) is 0 Å². The number of nitrogens with one attached hydrogen (secondary N) is 2. The highest BCUT2D eigenvalue weighted by molar-refractivity contribution is 7.13. The number of aromatic nitrogens is 7. The van der Waals surface area contributed by atoms with Gasteiger partial charge >= 0.3 is 0 Å². The molecule has 0 aliphatic carbocycles. The Bertz CT molecular complexity index is 1560. The first-order chi connectivity index (χ1) is 15.7. The molecule has 6 aromatic heterocycles. The van der Waals surface area contributed by atoms with Crippen LogP contribution in [0.5, 0.6) is 0 Å². The molecule has 0 unspecified atom stereocenters. The lowest BCUT2D eigenvalue weighted by Gasteiger charge is -2.12. The predicted molar refractivity (Wildman–Crippen MR) is 128 cm³/mol. The van der Waals surface area contributed by atoms with Gasteiger partial charge in [-0.25, -0.2) is 15.0 Å². The number of fused-ring (bicyclic) bond motifs is 2. The van der Waals surface area contributed by atoms with Crippen LogP contribution >= 0.6 is 11.3 Å². The summed E-state index contributed by atoms with van der Waals surface area (Å²) in [4.78, 5) is 25.1.